The molecule has 0 aliphatic carbocycles. The molecule has 0 radical (unpaired) electrons. The third kappa shape index (κ3) is 4.10. The average Bonchev–Trinajstić information content (AvgIpc) is 2.39. The van der Waals surface area contributed by atoms with Crippen molar-refractivity contribution in [3.8, 4) is 0 Å². The van der Waals surface area contributed by atoms with Crippen molar-refractivity contribution >= 4 is 17.3 Å². The van der Waals surface area contributed by atoms with Gasteiger partial charge in [0.1, 0.15) is 0 Å². The molecular weight excluding hydrogens is 238 g/mol. The molecule has 0 atom stereocenters. The molecule has 0 saturated heterocycles. The highest BCUT2D eigenvalue weighted by Crippen LogP contribution is 2.14. The number of aromatic nitrogens is 1. The third-order valence-electron chi connectivity index (χ3n) is 2.65. The Morgan fingerprint density at radius 3 is 2.37 bits per heavy atom. The number of rotatable bonds is 4. The van der Waals surface area contributed by atoms with Crippen molar-refractivity contribution in [3.63, 3.8) is 0 Å². The van der Waals surface area contributed by atoms with Gasteiger partial charge < -0.3 is 10.6 Å². The summed E-state index contributed by atoms with van der Waals surface area (Å²) in [5.41, 5.74) is 3.95. The number of hydrogen-bond acceptors (Lipinski definition) is 3. The highest BCUT2D eigenvalue weighted by Gasteiger charge is 1.97. The topological polar surface area (TPSA) is 54.0 Å². The molecule has 2 N–H and O–H groups in total. The molecule has 0 unspecified atom stereocenters. The molecule has 2 aromatic rings. The van der Waals surface area contributed by atoms with Gasteiger partial charge in [-0.15, -0.1) is 0 Å². The van der Waals surface area contributed by atoms with Crippen molar-refractivity contribution in [3.05, 3.63) is 53.9 Å². The van der Waals surface area contributed by atoms with Crippen LogP contribution in [0.4, 0.5) is 11.4 Å². The highest BCUT2D eigenvalue weighted by atomic mass is 16.1. The van der Waals surface area contributed by atoms with Crippen LogP contribution in [0.5, 0.6) is 0 Å². The van der Waals surface area contributed by atoms with Gasteiger partial charge in [0, 0.05) is 24.5 Å². The van der Waals surface area contributed by atoms with E-state index in [4.69, 9.17) is 0 Å². The van der Waals surface area contributed by atoms with E-state index in [2.05, 4.69) is 15.6 Å². The molecule has 98 valence electrons. The summed E-state index contributed by atoms with van der Waals surface area (Å²) < 4.78 is 0. The summed E-state index contributed by atoms with van der Waals surface area (Å²) in [5.74, 6) is -0.0652. The zero-order chi connectivity index (χ0) is 13.7. The highest BCUT2D eigenvalue weighted by molar-refractivity contribution is 5.88. The first-order chi connectivity index (χ1) is 9.13. The van der Waals surface area contributed by atoms with Crippen LogP contribution >= 0.6 is 0 Å². The largest absolute Gasteiger partial charge is 0.379 e. The first-order valence-corrected chi connectivity index (χ1v) is 6.16. The maximum absolute atomic E-state index is 10.9. The lowest BCUT2D eigenvalue weighted by Crippen LogP contribution is -2.06. The Labute approximate surface area is 112 Å². The predicted molar refractivity (Wildman–Crippen MR) is 77.0 cm³/mol. The Bertz CT molecular complexity index is 547. The van der Waals surface area contributed by atoms with Crippen LogP contribution in [0.1, 0.15) is 18.2 Å². The molecule has 0 fully saturated rings. The molecule has 0 spiro atoms. The molecule has 4 heteroatoms. The SMILES string of the molecule is CC(=O)Nc1ccc(NCc2ccc(C)cn2)cc1. The molecule has 1 aromatic carbocycles. The van der Waals surface area contributed by atoms with Crippen LogP contribution in [-0.2, 0) is 11.3 Å². The zero-order valence-corrected chi connectivity index (χ0v) is 11.1. The molecule has 4 nitrogen and oxygen atoms in total. The second kappa shape index (κ2) is 6.00. The second-order valence-corrected chi connectivity index (χ2v) is 4.44. The Balaban J connectivity index is 1.92. The number of nitrogens with one attached hydrogen (secondary N) is 2. The van der Waals surface area contributed by atoms with E-state index in [1.807, 2.05) is 49.5 Å². The number of anilines is 2. The quantitative estimate of drug-likeness (QED) is 0.883. The second-order valence-electron chi connectivity index (χ2n) is 4.44. The zero-order valence-electron chi connectivity index (χ0n) is 11.1. The first-order valence-electron chi connectivity index (χ1n) is 6.16. The number of carbonyl (C=O) groups excluding carboxylic acids is 1. The molecular formula is C15H17N3O. The van der Waals surface area contributed by atoms with Crippen molar-refractivity contribution in [1.29, 1.82) is 0 Å². The third-order valence-corrected chi connectivity index (χ3v) is 2.65. The predicted octanol–water partition coefficient (Wildman–Crippen LogP) is 2.96. The molecule has 0 aliphatic rings. The molecule has 1 aromatic heterocycles. The van der Waals surface area contributed by atoms with Crippen molar-refractivity contribution in [2.75, 3.05) is 10.6 Å². The van der Waals surface area contributed by atoms with Gasteiger partial charge in [0.15, 0.2) is 0 Å². The van der Waals surface area contributed by atoms with Crippen molar-refractivity contribution in [2.45, 2.75) is 20.4 Å². The van der Waals surface area contributed by atoms with Gasteiger partial charge in [0.25, 0.3) is 0 Å². The normalized spacial score (nSPS) is 10.0. The summed E-state index contributed by atoms with van der Waals surface area (Å²) in [4.78, 5) is 15.2. The van der Waals surface area contributed by atoms with Gasteiger partial charge in [0.2, 0.25) is 5.91 Å². The lowest BCUT2D eigenvalue weighted by Gasteiger charge is -2.07. The first kappa shape index (κ1) is 13.1. The minimum atomic E-state index is -0.0652. The number of carbonyl (C=O) groups is 1. The number of benzene rings is 1. The summed E-state index contributed by atoms with van der Waals surface area (Å²) in [7, 11) is 0. The summed E-state index contributed by atoms with van der Waals surface area (Å²) in [6.07, 6.45) is 1.86. The van der Waals surface area contributed by atoms with Gasteiger partial charge >= 0.3 is 0 Å². The Morgan fingerprint density at radius 2 is 1.79 bits per heavy atom. The molecule has 1 amide bonds. The van der Waals surface area contributed by atoms with Gasteiger partial charge in [-0.25, -0.2) is 0 Å². The number of aryl methyl sites for hydroxylation is 1. The van der Waals surface area contributed by atoms with Crippen molar-refractivity contribution in [1.82, 2.24) is 4.98 Å². The summed E-state index contributed by atoms with van der Waals surface area (Å²) in [6.45, 7) is 4.19. The fourth-order valence-electron chi connectivity index (χ4n) is 1.67. The number of pyridine rings is 1. The molecule has 1 heterocycles. The van der Waals surface area contributed by atoms with E-state index in [1.54, 1.807) is 0 Å². The lowest BCUT2D eigenvalue weighted by atomic mass is 10.2. The van der Waals surface area contributed by atoms with Crippen LogP contribution in [0.15, 0.2) is 42.6 Å². The van der Waals surface area contributed by atoms with E-state index in [1.165, 1.54) is 6.92 Å². The summed E-state index contributed by atoms with van der Waals surface area (Å²) in [5, 5.41) is 6.02. The molecule has 0 saturated carbocycles. The van der Waals surface area contributed by atoms with Crippen LogP contribution in [0.2, 0.25) is 0 Å². The monoisotopic (exact) mass is 255 g/mol. The maximum Gasteiger partial charge on any atom is 0.221 e. The summed E-state index contributed by atoms with van der Waals surface area (Å²) in [6, 6.07) is 11.6. The molecule has 0 aliphatic heterocycles. The number of hydrogen-bond donors (Lipinski definition) is 2. The number of amides is 1. The van der Waals surface area contributed by atoms with Crippen LogP contribution in [0, 0.1) is 6.92 Å². The van der Waals surface area contributed by atoms with E-state index in [0.29, 0.717) is 6.54 Å². The average molecular weight is 255 g/mol. The van der Waals surface area contributed by atoms with Crippen LogP contribution in [0.25, 0.3) is 0 Å². The maximum atomic E-state index is 10.9. The van der Waals surface area contributed by atoms with Crippen molar-refractivity contribution < 1.29 is 4.79 Å². The lowest BCUT2D eigenvalue weighted by molar-refractivity contribution is -0.114. The standard InChI is InChI=1S/C15H17N3O/c1-11-3-4-15(16-9-11)10-17-13-5-7-14(8-6-13)18-12(2)19/h3-9,17H,10H2,1-2H3,(H,18,19). The van der Waals surface area contributed by atoms with Crippen LogP contribution in [-0.4, -0.2) is 10.9 Å². The molecule has 2 rings (SSSR count). The van der Waals surface area contributed by atoms with Gasteiger partial charge in [-0.1, -0.05) is 6.07 Å². The molecule has 0 bridgehead atoms. The van der Waals surface area contributed by atoms with E-state index < -0.39 is 0 Å². The van der Waals surface area contributed by atoms with E-state index in [9.17, 15) is 4.79 Å². The van der Waals surface area contributed by atoms with Gasteiger partial charge in [-0.05, 0) is 42.8 Å². The van der Waals surface area contributed by atoms with E-state index >= 15 is 0 Å². The van der Waals surface area contributed by atoms with E-state index in [0.717, 1.165) is 22.6 Å². The Morgan fingerprint density at radius 1 is 1.11 bits per heavy atom. The summed E-state index contributed by atoms with van der Waals surface area (Å²) >= 11 is 0. The van der Waals surface area contributed by atoms with Gasteiger partial charge in [0.05, 0.1) is 12.2 Å². The minimum absolute atomic E-state index is 0.0652. The molecule has 19 heavy (non-hydrogen) atoms. The fourth-order valence-corrected chi connectivity index (χ4v) is 1.67. The van der Waals surface area contributed by atoms with Crippen molar-refractivity contribution in [2.24, 2.45) is 0 Å². The number of nitrogens with zero attached hydrogens (tertiary/aromatic N) is 1. The van der Waals surface area contributed by atoms with E-state index in [-0.39, 0.29) is 5.91 Å². The smallest absolute Gasteiger partial charge is 0.221 e. The Hall–Kier alpha value is -2.36. The minimum Gasteiger partial charge on any atom is -0.379 e. The van der Waals surface area contributed by atoms with Gasteiger partial charge in [-0.3, -0.25) is 9.78 Å². The van der Waals surface area contributed by atoms with Crippen LogP contribution in [0.3, 0.4) is 0 Å². The fraction of sp³-hybridized carbons (Fsp3) is 0.200. The Kier molecular flexibility index (Phi) is 4.13. The van der Waals surface area contributed by atoms with Gasteiger partial charge in [-0.2, -0.15) is 0 Å². The van der Waals surface area contributed by atoms with Crippen LogP contribution < -0.4 is 10.6 Å².